The van der Waals surface area contributed by atoms with Gasteiger partial charge in [-0.2, -0.15) is 0 Å². The zero-order chi connectivity index (χ0) is 14.8. The highest BCUT2D eigenvalue weighted by Crippen LogP contribution is 2.32. The van der Waals surface area contributed by atoms with Crippen LogP contribution < -0.4 is 10.1 Å². The lowest BCUT2D eigenvalue weighted by Crippen LogP contribution is -2.03. The van der Waals surface area contributed by atoms with Crippen molar-refractivity contribution in [2.45, 2.75) is 18.2 Å². The summed E-state index contributed by atoms with van der Waals surface area (Å²) < 4.78 is 5.36. The Kier molecular flexibility index (Phi) is 3.84. The van der Waals surface area contributed by atoms with Crippen LogP contribution in [-0.2, 0) is 17.6 Å². The third kappa shape index (κ3) is 2.88. The molecule has 4 heteroatoms. The molecule has 0 bridgehead atoms. The van der Waals surface area contributed by atoms with E-state index in [9.17, 15) is 4.79 Å². The van der Waals surface area contributed by atoms with E-state index in [0.29, 0.717) is 12.8 Å². The standard InChI is InChI=1S/C17H16ClNO2/c1-21-16-5-3-2-4-12(16)9-14(18)11-6-7-15-13(8-11)10-17(20)19-15/h2-8,14H,9-10H2,1H3,(H,19,20). The van der Waals surface area contributed by atoms with Gasteiger partial charge in [0.2, 0.25) is 5.91 Å². The Balaban J connectivity index is 1.81. The highest BCUT2D eigenvalue weighted by Gasteiger charge is 2.20. The van der Waals surface area contributed by atoms with Crippen LogP contribution in [0.25, 0.3) is 0 Å². The summed E-state index contributed by atoms with van der Waals surface area (Å²) in [6.45, 7) is 0. The van der Waals surface area contributed by atoms with E-state index in [2.05, 4.69) is 5.32 Å². The summed E-state index contributed by atoms with van der Waals surface area (Å²) in [7, 11) is 1.66. The topological polar surface area (TPSA) is 38.3 Å². The molecule has 2 aromatic rings. The molecule has 1 N–H and O–H groups in total. The molecule has 1 heterocycles. The number of benzene rings is 2. The number of hydrogen-bond donors (Lipinski definition) is 1. The Bertz CT molecular complexity index is 684. The second kappa shape index (κ2) is 5.78. The van der Waals surface area contributed by atoms with Gasteiger partial charge in [-0.25, -0.2) is 0 Å². The second-order valence-corrected chi connectivity index (χ2v) is 5.65. The predicted molar refractivity (Wildman–Crippen MR) is 84.1 cm³/mol. The first kappa shape index (κ1) is 14.0. The van der Waals surface area contributed by atoms with Crippen molar-refractivity contribution in [3.8, 4) is 5.75 Å². The molecule has 108 valence electrons. The predicted octanol–water partition coefficient (Wildman–Crippen LogP) is 3.71. The molecule has 0 spiro atoms. The minimum atomic E-state index is -0.151. The molecule has 21 heavy (non-hydrogen) atoms. The van der Waals surface area contributed by atoms with E-state index in [0.717, 1.165) is 28.1 Å². The summed E-state index contributed by atoms with van der Waals surface area (Å²) in [5.74, 6) is 0.888. The molecular weight excluding hydrogens is 286 g/mol. The zero-order valence-corrected chi connectivity index (χ0v) is 12.5. The summed E-state index contributed by atoms with van der Waals surface area (Å²) in [5, 5.41) is 2.68. The maximum atomic E-state index is 11.4. The van der Waals surface area contributed by atoms with Gasteiger partial charge in [0, 0.05) is 5.69 Å². The second-order valence-electron chi connectivity index (χ2n) is 5.13. The molecule has 0 fully saturated rings. The fourth-order valence-corrected chi connectivity index (χ4v) is 2.93. The van der Waals surface area contributed by atoms with Crippen molar-refractivity contribution < 1.29 is 9.53 Å². The van der Waals surface area contributed by atoms with E-state index >= 15 is 0 Å². The Morgan fingerprint density at radius 3 is 2.90 bits per heavy atom. The van der Waals surface area contributed by atoms with Crippen LogP contribution in [0.5, 0.6) is 5.75 Å². The molecule has 0 radical (unpaired) electrons. The molecule has 0 saturated heterocycles. The third-order valence-electron chi connectivity index (χ3n) is 3.71. The van der Waals surface area contributed by atoms with Crippen molar-refractivity contribution in [3.05, 3.63) is 59.2 Å². The summed E-state index contributed by atoms with van der Waals surface area (Å²) >= 11 is 6.55. The first-order valence-electron chi connectivity index (χ1n) is 6.86. The van der Waals surface area contributed by atoms with Crippen LogP contribution in [0.3, 0.4) is 0 Å². The number of para-hydroxylation sites is 1. The lowest BCUT2D eigenvalue weighted by molar-refractivity contribution is -0.115. The van der Waals surface area contributed by atoms with Crippen LogP contribution in [-0.4, -0.2) is 13.0 Å². The highest BCUT2D eigenvalue weighted by molar-refractivity contribution is 6.21. The molecule has 3 nitrogen and oxygen atoms in total. The van der Waals surface area contributed by atoms with Crippen LogP contribution in [0, 0.1) is 0 Å². The van der Waals surface area contributed by atoms with Crippen molar-refractivity contribution in [2.75, 3.05) is 12.4 Å². The Labute approximate surface area is 128 Å². The SMILES string of the molecule is COc1ccccc1CC(Cl)c1ccc2c(c1)CC(=O)N2. The number of carbonyl (C=O) groups excluding carboxylic acids is 1. The van der Waals surface area contributed by atoms with E-state index < -0.39 is 0 Å². The number of halogens is 1. The average molecular weight is 302 g/mol. The minimum Gasteiger partial charge on any atom is -0.496 e. The van der Waals surface area contributed by atoms with Crippen molar-refractivity contribution in [1.82, 2.24) is 0 Å². The largest absolute Gasteiger partial charge is 0.496 e. The number of amides is 1. The molecule has 1 atom stereocenters. The molecule has 0 aliphatic carbocycles. The van der Waals surface area contributed by atoms with Gasteiger partial charge >= 0.3 is 0 Å². The van der Waals surface area contributed by atoms with E-state index in [1.165, 1.54) is 0 Å². The molecule has 1 amide bonds. The van der Waals surface area contributed by atoms with Gasteiger partial charge in [0.25, 0.3) is 0 Å². The molecule has 1 aliphatic heterocycles. The smallest absolute Gasteiger partial charge is 0.228 e. The molecule has 1 unspecified atom stereocenters. The van der Waals surface area contributed by atoms with Crippen molar-refractivity contribution >= 4 is 23.2 Å². The van der Waals surface area contributed by atoms with Crippen LogP contribution in [0.15, 0.2) is 42.5 Å². The summed E-state index contributed by atoms with van der Waals surface area (Å²) in [6.07, 6.45) is 1.12. The lowest BCUT2D eigenvalue weighted by atomic mass is 10.0. The molecule has 3 rings (SSSR count). The Hall–Kier alpha value is -2.00. The number of rotatable bonds is 4. The summed E-state index contributed by atoms with van der Waals surface area (Å²) in [4.78, 5) is 11.4. The van der Waals surface area contributed by atoms with Crippen molar-refractivity contribution in [1.29, 1.82) is 0 Å². The number of ether oxygens (including phenoxy) is 1. The van der Waals surface area contributed by atoms with Gasteiger partial charge in [-0.1, -0.05) is 30.3 Å². The van der Waals surface area contributed by atoms with Crippen molar-refractivity contribution in [2.24, 2.45) is 0 Å². The number of nitrogens with one attached hydrogen (secondary N) is 1. The van der Waals surface area contributed by atoms with E-state index in [-0.39, 0.29) is 11.3 Å². The molecule has 2 aromatic carbocycles. The van der Waals surface area contributed by atoms with E-state index in [4.69, 9.17) is 16.3 Å². The van der Waals surface area contributed by atoms with Crippen LogP contribution in [0.1, 0.15) is 22.1 Å². The molecule has 0 aromatic heterocycles. The van der Waals surface area contributed by atoms with E-state index in [1.54, 1.807) is 7.11 Å². The van der Waals surface area contributed by atoms with Gasteiger partial charge < -0.3 is 10.1 Å². The van der Waals surface area contributed by atoms with Crippen LogP contribution >= 0.6 is 11.6 Å². The van der Waals surface area contributed by atoms with Crippen molar-refractivity contribution in [3.63, 3.8) is 0 Å². The monoisotopic (exact) mass is 301 g/mol. The summed E-state index contributed by atoms with van der Waals surface area (Å²) in [6, 6.07) is 13.8. The number of carbonyl (C=O) groups is 1. The normalized spacial score (nSPS) is 14.5. The number of methoxy groups -OCH3 is 1. The van der Waals surface area contributed by atoms with Crippen LogP contribution in [0.4, 0.5) is 5.69 Å². The third-order valence-corrected chi connectivity index (χ3v) is 4.11. The van der Waals surface area contributed by atoms with Gasteiger partial charge in [-0.05, 0) is 35.2 Å². The first-order chi connectivity index (χ1) is 10.2. The molecular formula is C17H16ClNO2. The van der Waals surface area contributed by atoms with Gasteiger partial charge in [-0.15, -0.1) is 11.6 Å². The molecule has 0 saturated carbocycles. The summed E-state index contributed by atoms with van der Waals surface area (Å²) in [5.41, 5.74) is 4.01. The molecule has 1 aliphatic rings. The van der Waals surface area contributed by atoms with Gasteiger partial charge in [-0.3, -0.25) is 4.79 Å². The Morgan fingerprint density at radius 2 is 2.10 bits per heavy atom. The Morgan fingerprint density at radius 1 is 1.29 bits per heavy atom. The maximum Gasteiger partial charge on any atom is 0.228 e. The van der Waals surface area contributed by atoms with Crippen LogP contribution in [0.2, 0.25) is 0 Å². The number of hydrogen-bond acceptors (Lipinski definition) is 2. The fraction of sp³-hybridized carbons (Fsp3) is 0.235. The minimum absolute atomic E-state index is 0.0398. The maximum absolute atomic E-state index is 11.4. The average Bonchev–Trinajstić information content (AvgIpc) is 2.86. The fourth-order valence-electron chi connectivity index (χ4n) is 2.63. The first-order valence-corrected chi connectivity index (χ1v) is 7.29. The zero-order valence-electron chi connectivity index (χ0n) is 11.7. The van der Waals surface area contributed by atoms with Gasteiger partial charge in [0.1, 0.15) is 5.75 Å². The van der Waals surface area contributed by atoms with Gasteiger partial charge in [0.05, 0.1) is 18.9 Å². The highest BCUT2D eigenvalue weighted by atomic mass is 35.5. The van der Waals surface area contributed by atoms with Gasteiger partial charge in [0.15, 0.2) is 0 Å². The lowest BCUT2D eigenvalue weighted by Gasteiger charge is -2.14. The quantitative estimate of drug-likeness (QED) is 0.874. The number of fused-ring (bicyclic) bond motifs is 1. The number of anilines is 1. The van der Waals surface area contributed by atoms with E-state index in [1.807, 2.05) is 42.5 Å². The number of alkyl halides is 1.